The average Bonchev–Trinajstić information content (AvgIpc) is 2.55. The van der Waals surface area contributed by atoms with Crippen LogP contribution < -0.4 is 11.1 Å². The summed E-state index contributed by atoms with van der Waals surface area (Å²) in [6.45, 7) is 5.85. The number of nitrogens with zero attached hydrogens (tertiary/aromatic N) is 1. The summed E-state index contributed by atoms with van der Waals surface area (Å²) in [5.74, 6) is 2.05. The molecule has 1 unspecified atom stereocenters. The number of rotatable bonds is 5. The van der Waals surface area contributed by atoms with Gasteiger partial charge in [-0.25, -0.2) is 0 Å². The van der Waals surface area contributed by atoms with Crippen molar-refractivity contribution in [2.45, 2.75) is 26.8 Å². The van der Waals surface area contributed by atoms with Crippen LogP contribution in [0.4, 0.5) is 5.82 Å². The van der Waals surface area contributed by atoms with Gasteiger partial charge < -0.3 is 11.1 Å². The zero-order valence-electron chi connectivity index (χ0n) is 9.83. The Labute approximate surface area is 99.6 Å². The lowest BCUT2D eigenvalue weighted by atomic mass is 10.2. The molecule has 5 nitrogen and oxygen atoms in total. The normalized spacial score (nSPS) is 12.4. The number of aromatic nitrogens is 2. The number of nitrogen functional groups attached to an aromatic ring is 1. The van der Waals surface area contributed by atoms with Crippen LogP contribution in [-0.4, -0.2) is 33.7 Å². The van der Waals surface area contributed by atoms with Gasteiger partial charge in [0.25, 0.3) is 5.91 Å². The first-order valence-electron chi connectivity index (χ1n) is 5.25. The van der Waals surface area contributed by atoms with Crippen LogP contribution in [0.3, 0.4) is 0 Å². The number of hydrogen-bond acceptors (Lipinski definition) is 4. The SMILES string of the molecule is CCSCC(C)NC(=O)c1c(N)n[nH]c1C. The average molecular weight is 242 g/mol. The molecule has 1 heterocycles. The van der Waals surface area contributed by atoms with Crippen LogP contribution >= 0.6 is 11.8 Å². The summed E-state index contributed by atoms with van der Waals surface area (Å²) in [7, 11) is 0. The number of thioether (sulfide) groups is 1. The zero-order chi connectivity index (χ0) is 12.1. The van der Waals surface area contributed by atoms with E-state index in [1.165, 1.54) is 0 Å². The highest BCUT2D eigenvalue weighted by molar-refractivity contribution is 7.99. The fourth-order valence-corrected chi connectivity index (χ4v) is 2.04. The zero-order valence-corrected chi connectivity index (χ0v) is 10.6. The maximum absolute atomic E-state index is 11.9. The highest BCUT2D eigenvalue weighted by Crippen LogP contribution is 2.12. The van der Waals surface area contributed by atoms with Crippen molar-refractivity contribution in [3.05, 3.63) is 11.3 Å². The van der Waals surface area contributed by atoms with Crippen molar-refractivity contribution in [2.24, 2.45) is 0 Å². The Morgan fingerprint density at radius 2 is 2.38 bits per heavy atom. The molecule has 1 aromatic rings. The summed E-state index contributed by atoms with van der Waals surface area (Å²) >= 11 is 1.79. The van der Waals surface area contributed by atoms with E-state index in [2.05, 4.69) is 22.4 Å². The Bertz CT molecular complexity index is 344. The van der Waals surface area contributed by atoms with Gasteiger partial charge in [-0.3, -0.25) is 9.89 Å². The van der Waals surface area contributed by atoms with Gasteiger partial charge in [0, 0.05) is 17.5 Å². The second-order valence-corrected chi connectivity index (χ2v) is 4.96. The highest BCUT2D eigenvalue weighted by atomic mass is 32.2. The summed E-state index contributed by atoms with van der Waals surface area (Å²) in [5, 5.41) is 9.39. The smallest absolute Gasteiger partial charge is 0.257 e. The topological polar surface area (TPSA) is 83.8 Å². The van der Waals surface area contributed by atoms with Crippen LogP contribution in [0.2, 0.25) is 0 Å². The highest BCUT2D eigenvalue weighted by Gasteiger charge is 2.17. The number of carbonyl (C=O) groups excluding carboxylic acids is 1. The standard InChI is InChI=1S/C10H18N4OS/c1-4-16-5-6(2)12-10(15)8-7(3)13-14-9(8)11/h6H,4-5H2,1-3H3,(H,12,15)(H3,11,13,14). The Balaban J connectivity index is 2.59. The van der Waals surface area contributed by atoms with Crippen molar-refractivity contribution >= 4 is 23.5 Å². The Morgan fingerprint density at radius 1 is 1.69 bits per heavy atom. The molecular weight excluding hydrogens is 224 g/mol. The minimum atomic E-state index is -0.159. The van der Waals surface area contributed by atoms with Crippen LogP contribution in [0.15, 0.2) is 0 Å². The second-order valence-electron chi connectivity index (χ2n) is 3.64. The fraction of sp³-hybridized carbons (Fsp3) is 0.600. The Hall–Kier alpha value is -1.17. The van der Waals surface area contributed by atoms with Gasteiger partial charge >= 0.3 is 0 Å². The molecule has 90 valence electrons. The summed E-state index contributed by atoms with van der Waals surface area (Å²) in [5.41, 5.74) is 6.76. The van der Waals surface area contributed by atoms with Gasteiger partial charge in [-0.15, -0.1) is 0 Å². The molecule has 0 aromatic carbocycles. The van der Waals surface area contributed by atoms with Gasteiger partial charge in [0.15, 0.2) is 5.82 Å². The number of aromatic amines is 1. The molecule has 6 heteroatoms. The molecule has 0 spiro atoms. The lowest BCUT2D eigenvalue weighted by molar-refractivity contribution is 0.0944. The molecule has 1 aromatic heterocycles. The van der Waals surface area contributed by atoms with E-state index in [1.807, 2.05) is 6.92 Å². The maximum Gasteiger partial charge on any atom is 0.257 e. The molecule has 0 radical (unpaired) electrons. The molecule has 0 aliphatic heterocycles. The number of anilines is 1. The molecular formula is C10H18N4OS. The first kappa shape index (κ1) is 12.9. The van der Waals surface area contributed by atoms with E-state index in [0.29, 0.717) is 11.3 Å². The van der Waals surface area contributed by atoms with Crippen molar-refractivity contribution < 1.29 is 4.79 Å². The molecule has 0 saturated carbocycles. The summed E-state index contributed by atoms with van der Waals surface area (Å²) in [6, 6.07) is 0.131. The van der Waals surface area contributed by atoms with Crippen molar-refractivity contribution in [3.63, 3.8) is 0 Å². The third kappa shape index (κ3) is 3.16. The van der Waals surface area contributed by atoms with Crippen LogP contribution in [-0.2, 0) is 0 Å². The van der Waals surface area contributed by atoms with E-state index in [0.717, 1.165) is 11.5 Å². The van der Waals surface area contributed by atoms with Crippen molar-refractivity contribution in [3.8, 4) is 0 Å². The Morgan fingerprint density at radius 3 is 2.88 bits per heavy atom. The minimum Gasteiger partial charge on any atom is -0.382 e. The lowest BCUT2D eigenvalue weighted by Crippen LogP contribution is -2.34. The van der Waals surface area contributed by atoms with Crippen molar-refractivity contribution in [1.82, 2.24) is 15.5 Å². The molecule has 1 amide bonds. The number of amides is 1. The fourth-order valence-electron chi connectivity index (χ4n) is 1.37. The quantitative estimate of drug-likeness (QED) is 0.723. The monoisotopic (exact) mass is 242 g/mol. The number of carbonyl (C=O) groups is 1. The van der Waals surface area contributed by atoms with Gasteiger partial charge in [-0.05, 0) is 19.6 Å². The summed E-state index contributed by atoms with van der Waals surface area (Å²) < 4.78 is 0. The summed E-state index contributed by atoms with van der Waals surface area (Å²) in [6.07, 6.45) is 0. The van der Waals surface area contributed by atoms with E-state index in [4.69, 9.17) is 5.73 Å². The van der Waals surface area contributed by atoms with Crippen LogP contribution in [0.5, 0.6) is 0 Å². The molecule has 1 rings (SSSR count). The largest absolute Gasteiger partial charge is 0.382 e. The third-order valence-electron chi connectivity index (χ3n) is 2.15. The van der Waals surface area contributed by atoms with E-state index >= 15 is 0 Å². The summed E-state index contributed by atoms with van der Waals surface area (Å²) in [4.78, 5) is 11.9. The maximum atomic E-state index is 11.9. The number of H-pyrrole nitrogens is 1. The molecule has 0 saturated heterocycles. The molecule has 0 bridgehead atoms. The number of nitrogens with two attached hydrogens (primary N) is 1. The van der Waals surface area contributed by atoms with Crippen molar-refractivity contribution in [1.29, 1.82) is 0 Å². The molecule has 1 atom stereocenters. The Kier molecular flexibility index (Phi) is 4.67. The minimum absolute atomic E-state index is 0.131. The van der Waals surface area contributed by atoms with Crippen LogP contribution in [0, 0.1) is 6.92 Å². The van der Waals surface area contributed by atoms with Crippen LogP contribution in [0.25, 0.3) is 0 Å². The van der Waals surface area contributed by atoms with Crippen LogP contribution in [0.1, 0.15) is 29.9 Å². The van der Waals surface area contributed by atoms with Gasteiger partial charge in [-0.2, -0.15) is 16.9 Å². The van der Waals surface area contributed by atoms with Crippen molar-refractivity contribution in [2.75, 3.05) is 17.2 Å². The lowest BCUT2D eigenvalue weighted by Gasteiger charge is -2.12. The van der Waals surface area contributed by atoms with E-state index < -0.39 is 0 Å². The van der Waals surface area contributed by atoms with E-state index in [-0.39, 0.29) is 17.8 Å². The molecule has 0 fully saturated rings. The number of nitrogens with one attached hydrogen (secondary N) is 2. The van der Waals surface area contributed by atoms with Gasteiger partial charge in [-0.1, -0.05) is 6.92 Å². The van der Waals surface area contributed by atoms with Gasteiger partial charge in [0.05, 0.1) is 0 Å². The second kappa shape index (κ2) is 5.79. The predicted octanol–water partition coefficient (Wildman–Crippen LogP) is 1.17. The third-order valence-corrected chi connectivity index (χ3v) is 3.30. The molecule has 0 aliphatic rings. The predicted molar refractivity (Wildman–Crippen MR) is 67.7 cm³/mol. The molecule has 16 heavy (non-hydrogen) atoms. The first-order chi connectivity index (χ1) is 7.56. The molecule has 0 aliphatic carbocycles. The molecule has 4 N–H and O–H groups in total. The van der Waals surface area contributed by atoms with E-state index in [9.17, 15) is 4.79 Å². The van der Waals surface area contributed by atoms with E-state index in [1.54, 1.807) is 18.7 Å². The number of aryl methyl sites for hydroxylation is 1. The van der Waals surface area contributed by atoms with Gasteiger partial charge in [0.2, 0.25) is 0 Å². The first-order valence-corrected chi connectivity index (χ1v) is 6.40. The number of hydrogen-bond donors (Lipinski definition) is 3. The van der Waals surface area contributed by atoms with Gasteiger partial charge in [0.1, 0.15) is 5.56 Å².